The molecule has 2 rings (SSSR count). The molecule has 0 aliphatic carbocycles. The van der Waals surface area contributed by atoms with Gasteiger partial charge in [-0.3, -0.25) is 0 Å². The summed E-state index contributed by atoms with van der Waals surface area (Å²) in [6, 6.07) is 9.57. The summed E-state index contributed by atoms with van der Waals surface area (Å²) in [6.45, 7) is 5.91. The molecule has 136 valence electrons. The van der Waals surface area contributed by atoms with Gasteiger partial charge in [0, 0.05) is 16.7 Å². The molecule has 0 unspecified atom stereocenters. The minimum atomic E-state index is 0.574. The topological polar surface area (TPSA) is 39.7 Å². The van der Waals surface area contributed by atoms with Gasteiger partial charge in [0.1, 0.15) is 5.75 Å². The van der Waals surface area contributed by atoms with Crippen LogP contribution in [0.5, 0.6) is 17.2 Å². The normalized spacial score (nSPS) is 10.4. The van der Waals surface area contributed by atoms with Gasteiger partial charge in [-0.05, 0) is 49.2 Å². The Morgan fingerprint density at radius 1 is 1.04 bits per heavy atom. The van der Waals surface area contributed by atoms with Crippen molar-refractivity contribution in [2.75, 3.05) is 25.6 Å². The summed E-state index contributed by atoms with van der Waals surface area (Å²) in [5, 5.41) is 3.93. The van der Waals surface area contributed by atoms with E-state index in [9.17, 15) is 0 Å². The second-order valence-corrected chi connectivity index (χ2v) is 6.64. The Balaban J connectivity index is 2.15. The number of halogens is 2. The molecule has 0 bridgehead atoms. The molecule has 0 spiro atoms. The number of ether oxygens (including phenoxy) is 3. The first-order chi connectivity index (χ1) is 12.1. The molecule has 0 radical (unpaired) electrons. The number of hydrogen-bond donors (Lipinski definition) is 1. The molecule has 0 aliphatic rings. The van der Waals surface area contributed by atoms with Gasteiger partial charge in [0.25, 0.3) is 0 Å². The van der Waals surface area contributed by atoms with Crippen LogP contribution in [0.25, 0.3) is 0 Å². The van der Waals surface area contributed by atoms with Crippen molar-refractivity contribution in [3.05, 3.63) is 45.4 Å². The minimum absolute atomic E-state index is 0.574. The van der Waals surface area contributed by atoms with Gasteiger partial charge in [0.2, 0.25) is 0 Å². The third-order valence-corrected chi connectivity index (χ3v) is 4.54. The first-order valence-corrected chi connectivity index (χ1v) is 9.41. The van der Waals surface area contributed by atoms with Crippen LogP contribution in [0.1, 0.15) is 25.8 Å². The molecule has 1 N–H and O–H groups in total. The first-order valence-electron chi connectivity index (χ1n) is 8.24. The largest absolute Gasteiger partial charge is 0.495 e. The van der Waals surface area contributed by atoms with Crippen LogP contribution in [0.3, 0.4) is 0 Å². The van der Waals surface area contributed by atoms with Gasteiger partial charge >= 0.3 is 0 Å². The number of benzene rings is 2. The molecule has 0 atom stereocenters. The Morgan fingerprint density at radius 3 is 2.44 bits per heavy atom. The van der Waals surface area contributed by atoms with Gasteiger partial charge in [0.15, 0.2) is 11.5 Å². The fourth-order valence-corrected chi connectivity index (χ4v) is 3.00. The second-order valence-electron chi connectivity index (χ2n) is 5.37. The van der Waals surface area contributed by atoms with E-state index in [1.807, 2.05) is 37.3 Å². The van der Waals surface area contributed by atoms with Gasteiger partial charge in [-0.1, -0.05) is 34.5 Å². The second kappa shape index (κ2) is 9.78. The molecule has 0 fully saturated rings. The summed E-state index contributed by atoms with van der Waals surface area (Å²) < 4.78 is 17.6. The number of anilines is 1. The van der Waals surface area contributed by atoms with E-state index in [1.165, 1.54) is 0 Å². The van der Waals surface area contributed by atoms with Crippen LogP contribution < -0.4 is 19.5 Å². The minimum Gasteiger partial charge on any atom is -0.495 e. The number of hydrogen-bond acceptors (Lipinski definition) is 4. The van der Waals surface area contributed by atoms with Gasteiger partial charge in [-0.15, -0.1) is 0 Å². The van der Waals surface area contributed by atoms with E-state index in [1.54, 1.807) is 7.11 Å². The molecule has 2 aromatic rings. The quantitative estimate of drug-likeness (QED) is 0.539. The Morgan fingerprint density at radius 2 is 1.80 bits per heavy atom. The zero-order valence-corrected chi connectivity index (χ0v) is 17.0. The Hall–Kier alpha value is -1.59. The van der Waals surface area contributed by atoms with Crippen molar-refractivity contribution in [3.63, 3.8) is 0 Å². The van der Waals surface area contributed by atoms with Gasteiger partial charge < -0.3 is 19.5 Å². The van der Waals surface area contributed by atoms with Crippen LogP contribution in [0.15, 0.2) is 34.8 Å². The molecule has 0 aliphatic heterocycles. The predicted molar refractivity (Wildman–Crippen MR) is 106 cm³/mol. The maximum atomic E-state index is 6.17. The number of methoxy groups -OCH3 is 1. The predicted octanol–water partition coefficient (Wildman–Crippen LogP) is 5.91. The van der Waals surface area contributed by atoms with Crippen LogP contribution in [0.4, 0.5) is 5.69 Å². The van der Waals surface area contributed by atoms with Crippen molar-refractivity contribution in [1.82, 2.24) is 0 Å². The Kier molecular flexibility index (Phi) is 7.72. The van der Waals surface area contributed by atoms with Crippen molar-refractivity contribution >= 4 is 33.2 Å². The van der Waals surface area contributed by atoms with Crippen LogP contribution >= 0.6 is 27.5 Å². The highest BCUT2D eigenvalue weighted by atomic mass is 79.9. The van der Waals surface area contributed by atoms with Gasteiger partial charge in [0.05, 0.1) is 25.3 Å². The summed E-state index contributed by atoms with van der Waals surface area (Å²) in [5.41, 5.74) is 1.99. The van der Waals surface area contributed by atoms with Crippen LogP contribution in [-0.2, 0) is 6.54 Å². The summed E-state index contributed by atoms with van der Waals surface area (Å²) in [4.78, 5) is 0. The molecular formula is C19H23BrClNO3. The van der Waals surface area contributed by atoms with E-state index in [0.29, 0.717) is 30.5 Å². The van der Waals surface area contributed by atoms with E-state index in [-0.39, 0.29) is 0 Å². The molecule has 4 nitrogen and oxygen atoms in total. The number of nitrogens with one attached hydrogen (secondary N) is 1. The van der Waals surface area contributed by atoms with Gasteiger partial charge in [-0.2, -0.15) is 0 Å². The maximum Gasteiger partial charge on any atom is 0.162 e. The average molecular weight is 429 g/mol. The third kappa shape index (κ3) is 5.44. The van der Waals surface area contributed by atoms with E-state index in [0.717, 1.165) is 33.6 Å². The van der Waals surface area contributed by atoms with E-state index in [2.05, 4.69) is 28.2 Å². The number of rotatable bonds is 9. The van der Waals surface area contributed by atoms with E-state index in [4.69, 9.17) is 25.8 Å². The maximum absolute atomic E-state index is 6.17. The average Bonchev–Trinajstić information content (AvgIpc) is 2.60. The van der Waals surface area contributed by atoms with Crippen molar-refractivity contribution in [2.24, 2.45) is 0 Å². The lowest BCUT2D eigenvalue weighted by atomic mass is 10.2. The molecule has 0 aromatic heterocycles. The molecule has 6 heteroatoms. The molecule has 0 heterocycles. The van der Waals surface area contributed by atoms with Gasteiger partial charge in [-0.25, -0.2) is 0 Å². The van der Waals surface area contributed by atoms with Crippen molar-refractivity contribution in [3.8, 4) is 17.2 Å². The lowest BCUT2D eigenvalue weighted by molar-refractivity contribution is 0.276. The SMILES string of the molecule is CCCOc1cc(Br)c(CNc2ccc(OC)c(Cl)c2)cc1OCC. The zero-order chi connectivity index (χ0) is 18.2. The fraction of sp³-hybridized carbons (Fsp3) is 0.368. The highest BCUT2D eigenvalue weighted by Crippen LogP contribution is 2.35. The Labute approximate surface area is 162 Å². The summed E-state index contributed by atoms with van der Waals surface area (Å²) in [6.07, 6.45) is 0.949. The highest BCUT2D eigenvalue weighted by molar-refractivity contribution is 9.10. The lowest BCUT2D eigenvalue weighted by Crippen LogP contribution is -2.04. The highest BCUT2D eigenvalue weighted by Gasteiger charge is 2.11. The standard InChI is InChI=1S/C19H23BrClNO3/c1-4-8-25-19-11-15(20)13(9-18(19)24-5-2)12-22-14-6-7-17(23-3)16(21)10-14/h6-7,9-11,22H,4-5,8,12H2,1-3H3. The molecule has 0 saturated carbocycles. The van der Waals surface area contributed by atoms with Crippen LogP contribution in [0.2, 0.25) is 5.02 Å². The van der Waals surface area contributed by atoms with Crippen molar-refractivity contribution in [2.45, 2.75) is 26.8 Å². The summed E-state index contributed by atoms with van der Waals surface area (Å²) in [5.74, 6) is 2.17. The monoisotopic (exact) mass is 427 g/mol. The molecule has 25 heavy (non-hydrogen) atoms. The molecule has 0 saturated heterocycles. The van der Waals surface area contributed by atoms with Crippen LogP contribution in [0, 0.1) is 0 Å². The third-order valence-electron chi connectivity index (χ3n) is 3.51. The summed E-state index contributed by atoms with van der Waals surface area (Å²) >= 11 is 9.78. The molecule has 0 amide bonds. The Bertz CT molecular complexity index is 709. The van der Waals surface area contributed by atoms with Crippen LogP contribution in [-0.4, -0.2) is 20.3 Å². The van der Waals surface area contributed by atoms with Crippen molar-refractivity contribution < 1.29 is 14.2 Å². The van der Waals surface area contributed by atoms with E-state index >= 15 is 0 Å². The fourth-order valence-electron chi connectivity index (χ4n) is 2.28. The molecular weight excluding hydrogens is 406 g/mol. The van der Waals surface area contributed by atoms with E-state index < -0.39 is 0 Å². The van der Waals surface area contributed by atoms with Crippen molar-refractivity contribution in [1.29, 1.82) is 0 Å². The smallest absolute Gasteiger partial charge is 0.162 e. The zero-order valence-electron chi connectivity index (χ0n) is 14.7. The lowest BCUT2D eigenvalue weighted by Gasteiger charge is -2.16. The molecule has 2 aromatic carbocycles. The first kappa shape index (κ1) is 19.7. The summed E-state index contributed by atoms with van der Waals surface area (Å²) in [7, 11) is 1.60.